The maximum absolute atomic E-state index is 5.84. The van der Waals surface area contributed by atoms with E-state index in [1.54, 1.807) is 14.2 Å². The molecule has 2 aromatic carbocycles. The molecule has 2 heterocycles. The zero-order valence-corrected chi connectivity index (χ0v) is 15.4. The maximum atomic E-state index is 5.84. The second-order valence-corrected chi connectivity index (χ2v) is 7.02. The van der Waals surface area contributed by atoms with Crippen LogP contribution in [0.1, 0.15) is 29.7 Å². The Morgan fingerprint density at radius 3 is 2.62 bits per heavy atom. The van der Waals surface area contributed by atoms with E-state index in [2.05, 4.69) is 30.0 Å². The van der Waals surface area contributed by atoms with Gasteiger partial charge in [-0.1, -0.05) is 6.92 Å². The Balaban J connectivity index is 1.83. The lowest BCUT2D eigenvalue weighted by molar-refractivity contribution is 0.174. The molecule has 136 valence electrons. The van der Waals surface area contributed by atoms with Crippen LogP contribution in [-0.2, 0) is 12.8 Å². The summed E-state index contributed by atoms with van der Waals surface area (Å²) in [6.45, 7) is 4.64. The van der Waals surface area contributed by atoms with Crippen LogP contribution >= 0.6 is 0 Å². The summed E-state index contributed by atoms with van der Waals surface area (Å²) >= 11 is 0. The largest absolute Gasteiger partial charge is 0.493 e. The van der Waals surface area contributed by atoms with E-state index in [4.69, 9.17) is 18.9 Å². The fourth-order valence-electron chi connectivity index (χ4n) is 4.72. The first-order chi connectivity index (χ1) is 12.7. The Morgan fingerprint density at radius 1 is 1.08 bits per heavy atom. The van der Waals surface area contributed by atoms with Gasteiger partial charge in [-0.2, -0.15) is 0 Å². The molecule has 0 N–H and O–H groups in total. The van der Waals surface area contributed by atoms with Gasteiger partial charge in [0.15, 0.2) is 23.0 Å². The number of methoxy groups -OCH3 is 2. The molecule has 5 nitrogen and oxygen atoms in total. The number of likely N-dealkylation sites (N-methyl/N-ethyl adjacent to an activating group) is 1. The summed E-state index contributed by atoms with van der Waals surface area (Å²) in [5.41, 5.74) is 6.38. The quantitative estimate of drug-likeness (QED) is 0.844. The average molecular weight is 353 g/mol. The van der Waals surface area contributed by atoms with Crippen LogP contribution in [0.4, 0.5) is 0 Å². The number of hydrogen-bond acceptors (Lipinski definition) is 5. The number of nitrogens with zero attached hydrogens (tertiary/aromatic N) is 1. The molecule has 0 saturated heterocycles. The van der Waals surface area contributed by atoms with Crippen LogP contribution in [0, 0.1) is 0 Å². The molecule has 0 unspecified atom stereocenters. The SMILES string of the molecule is CCN1CCc2cc(OC)c(OC)c3c2[C@@H]1Cc1cc2c(cc1-3)OCO2. The van der Waals surface area contributed by atoms with Gasteiger partial charge in [-0.15, -0.1) is 0 Å². The molecule has 3 aliphatic rings. The minimum Gasteiger partial charge on any atom is -0.493 e. The highest BCUT2D eigenvalue weighted by atomic mass is 16.7. The second-order valence-electron chi connectivity index (χ2n) is 7.02. The minimum atomic E-state index is 0.288. The monoisotopic (exact) mass is 353 g/mol. The van der Waals surface area contributed by atoms with Crippen LogP contribution in [0.2, 0.25) is 0 Å². The third-order valence-electron chi connectivity index (χ3n) is 5.93. The van der Waals surface area contributed by atoms with Crippen molar-refractivity contribution in [3.63, 3.8) is 0 Å². The summed E-state index contributed by atoms with van der Waals surface area (Å²) in [6.07, 6.45) is 2.02. The molecule has 0 saturated carbocycles. The zero-order chi connectivity index (χ0) is 17.8. The number of fused-ring (bicyclic) bond motifs is 3. The van der Waals surface area contributed by atoms with Crippen LogP contribution < -0.4 is 18.9 Å². The van der Waals surface area contributed by atoms with Gasteiger partial charge < -0.3 is 18.9 Å². The first-order valence-corrected chi connectivity index (χ1v) is 9.19. The zero-order valence-electron chi connectivity index (χ0n) is 15.4. The highest BCUT2D eigenvalue weighted by molar-refractivity contribution is 5.85. The Hall–Kier alpha value is -2.40. The molecule has 5 rings (SSSR count). The highest BCUT2D eigenvalue weighted by Gasteiger charge is 2.38. The van der Waals surface area contributed by atoms with Crippen molar-refractivity contribution >= 4 is 0 Å². The van der Waals surface area contributed by atoms with E-state index in [1.165, 1.54) is 22.3 Å². The van der Waals surface area contributed by atoms with Crippen LogP contribution in [-0.4, -0.2) is 39.0 Å². The van der Waals surface area contributed by atoms with Crippen molar-refractivity contribution in [1.29, 1.82) is 0 Å². The number of benzene rings is 2. The smallest absolute Gasteiger partial charge is 0.231 e. The van der Waals surface area contributed by atoms with Crippen molar-refractivity contribution in [3.8, 4) is 34.1 Å². The molecule has 0 amide bonds. The third kappa shape index (κ3) is 2.07. The average Bonchev–Trinajstić information content (AvgIpc) is 3.13. The molecular weight excluding hydrogens is 330 g/mol. The van der Waals surface area contributed by atoms with Crippen molar-refractivity contribution in [1.82, 2.24) is 4.90 Å². The molecule has 2 aromatic rings. The summed E-state index contributed by atoms with van der Waals surface area (Å²) in [4.78, 5) is 2.56. The van der Waals surface area contributed by atoms with Gasteiger partial charge in [0, 0.05) is 18.2 Å². The van der Waals surface area contributed by atoms with Crippen molar-refractivity contribution < 1.29 is 18.9 Å². The number of rotatable bonds is 3. The maximum Gasteiger partial charge on any atom is 0.231 e. The van der Waals surface area contributed by atoms with E-state index in [0.29, 0.717) is 6.04 Å². The molecule has 2 aliphatic heterocycles. The third-order valence-corrected chi connectivity index (χ3v) is 5.93. The normalized spacial score (nSPS) is 19.7. The summed E-state index contributed by atoms with van der Waals surface area (Å²) < 4.78 is 22.8. The van der Waals surface area contributed by atoms with E-state index in [9.17, 15) is 0 Å². The van der Waals surface area contributed by atoms with Crippen LogP contribution in [0.15, 0.2) is 18.2 Å². The molecular formula is C21H23NO4. The standard InChI is InChI=1S/C21H23NO4/c1-4-22-6-5-12-8-18(23-2)21(24-3)20-14-10-17-16(25-11-26-17)9-13(14)7-15(22)19(12)20/h8-10,15H,4-7,11H2,1-3H3/t15-/m0/s1. The van der Waals surface area contributed by atoms with Gasteiger partial charge >= 0.3 is 0 Å². The second kappa shape index (κ2) is 5.81. The molecule has 26 heavy (non-hydrogen) atoms. The lowest BCUT2D eigenvalue weighted by atomic mass is 9.76. The molecule has 0 spiro atoms. The highest BCUT2D eigenvalue weighted by Crippen LogP contribution is 2.54. The molecule has 1 atom stereocenters. The Kier molecular flexibility index (Phi) is 3.54. The van der Waals surface area contributed by atoms with Crippen LogP contribution in [0.25, 0.3) is 11.1 Å². The molecule has 0 fully saturated rings. The van der Waals surface area contributed by atoms with Gasteiger partial charge in [-0.05, 0) is 59.8 Å². The van der Waals surface area contributed by atoms with Gasteiger partial charge in [0.1, 0.15) is 0 Å². The predicted molar refractivity (Wildman–Crippen MR) is 98.5 cm³/mol. The van der Waals surface area contributed by atoms with Crippen molar-refractivity contribution in [2.45, 2.75) is 25.8 Å². The Morgan fingerprint density at radius 2 is 1.88 bits per heavy atom. The predicted octanol–water partition coefficient (Wildman–Crippen LogP) is 3.57. The first kappa shape index (κ1) is 15.8. The van der Waals surface area contributed by atoms with Crippen molar-refractivity contribution in [2.75, 3.05) is 34.1 Å². The van der Waals surface area contributed by atoms with Crippen LogP contribution in [0.5, 0.6) is 23.0 Å². The lowest BCUT2D eigenvalue weighted by Crippen LogP contribution is -2.38. The van der Waals surface area contributed by atoms with Gasteiger partial charge in [0.05, 0.1) is 14.2 Å². The number of ether oxygens (including phenoxy) is 4. The van der Waals surface area contributed by atoms with E-state index in [-0.39, 0.29) is 6.79 Å². The minimum absolute atomic E-state index is 0.288. The lowest BCUT2D eigenvalue weighted by Gasteiger charge is -2.42. The van der Waals surface area contributed by atoms with E-state index >= 15 is 0 Å². The van der Waals surface area contributed by atoms with Gasteiger partial charge in [0.25, 0.3) is 0 Å². The van der Waals surface area contributed by atoms with Crippen LogP contribution in [0.3, 0.4) is 0 Å². The van der Waals surface area contributed by atoms with Crippen molar-refractivity contribution in [3.05, 3.63) is 34.9 Å². The Labute approximate surface area is 153 Å². The summed E-state index contributed by atoms with van der Waals surface area (Å²) in [5.74, 6) is 3.27. The summed E-state index contributed by atoms with van der Waals surface area (Å²) in [7, 11) is 3.43. The van der Waals surface area contributed by atoms with Gasteiger partial charge in [-0.25, -0.2) is 0 Å². The molecule has 0 bridgehead atoms. The van der Waals surface area contributed by atoms with E-state index in [1.807, 2.05) is 0 Å². The fourth-order valence-corrected chi connectivity index (χ4v) is 4.72. The molecule has 0 radical (unpaired) electrons. The number of hydrogen-bond donors (Lipinski definition) is 0. The van der Waals surface area contributed by atoms with E-state index in [0.717, 1.165) is 54.5 Å². The molecule has 0 aromatic heterocycles. The Bertz CT molecular complexity index is 892. The van der Waals surface area contributed by atoms with Gasteiger partial charge in [-0.3, -0.25) is 4.90 Å². The summed E-state index contributed by atoms with van der Waals surface area (Å²) in [6, 6.07) is 6.78. The first-order valence-electron chi connectivity index (χ1n) is 9.19. The summed E-state index contributed by atoms with van der Waals surface area (Å²) in [5, 5.41) is 0. The van der Waals surface area contributed by atoms with E-state index < -0.39 is 0 Å². The fraction of sp³-hybridized carbons (Fsp3) is 0.429. The topological polar surface area (TPSA) is 40.2 Å². The van der Waals surface area contributed by atoms with Crippen molar-refractivity contribution in [2.24, 2.45) is 0 Å². The van der Waals surface area contributed by atoms with Gasteiger partial charge in [0.2, 0.25) is 6.79 Å². The molecule has 1 aliphatic carbocycles. The molecule has 5 heteroatoms.